The Balaban J connectivity index is 1.86. The van der Waals surface area contributed by atoms with Gasteiger partial charge in [-0.15, -0.1) is 0 Å². The number of aromatic nitrogens is 2. The molecule has 0 unspecified atom stereocenters. The van der Waals surface area contributed by atoms with Crippen LogP contribution >= 0.6 is 0 Å². The molecule has 0 saturated heterocycles. The lowest BCUT2D eigenvalue weighted by Crippen LogP contribution is -2.42. The van der Waals surface area contributed by atoms with Crippen LogP contribution < -0.4 is 10.9 Å². The van der Waals surface area contributed by atoms with E-state index < -0.39 is 0 Å². The zero-order valence-corrected chi connectivity index (χ0v) is 12.1. The molecule has 1 aromatic carbocycles. The van der Waals surface area contributed by atoms with Crippen LogP contribution in [0.25, 0.3) is 10.9 Å². The lowest BCUT2D eigenvalue weighted by Gasteiger charge is -2.29. The highest BCUT2D eigenvalue weighted by atomic mass is 16.2. The van der Waals surface area contributed by atoms with Crippen LogP contribution in [0.1, 0.15) is 43.2 Å². The second-order valence-corrected chi connectivity index (χ2v) is 5.77. The predicted molar refractivity (Wildman–Crippen MR) is 81.2 cm³/mol. The second kappa shape index (κ2) is 5.68. The summed E-state index contributed by atoms with van der Waals surface area (Å²) in [6, 6.07) is 7.20. The van der Waals surface area contributed by atoms with Gasteiger partial charge in [-0.1, -0.05) is 31.9 Å². The summed E-state index contributed by atoms with van der Waals surface area (Å²) in [5.74, 6) is 0.267. The normalized spacial score (nSPS) is 22.1. The van der Waals surface area contributed by atoms with Crippen molar-refractivity contribution in [3.05, 3.63) is 40.4 Å². The summed E-state index contributed by atoms with van der Waals surface area (Å²) in [5.41, 5.74) is 0.269. The number of rotatable bonds is 2. The second-order valence-electron chi connectivity index (χ2n) is 5.77. The number of para-hydroxylation sites is 1. The number of amides is 1. The molecule has 3 rings (SSSR count). The van der Waals surface area contributed by atoms with Gasteiger partial charge in [0.15, 0.2) is 5.82 Å². The monoisotopic (exact) mass is 285 g/mol. The summed E-state index contributed by atoms with van der Waals surface area (Å²) in [6.07, 6.45) is 4.48. The number of hydrogen-bond acceptors (Lipinski definition) is 3. The fourth-order valence-electron chi connectivity index (χ4n) is 2.96. The number of benzene rings is 1. The summed E-state index contributed by atoms with van der Waals surface area (Å²) in [7, 11) is 0. The molecule has 1 heterocycles. The molecule has 1 aromatic heterocycles. The molecule has 0 bridgehead atoms. The number of H-pyrrole nitrogens is 1. The third-order valence-electron chi connectivity index (χ3n) is 4.26. The van der Waals surface area contributed by atoms with Crippen molar-refractivity contribution < 1.29 is 4.79 Å². The molecule has 2 N–H and O–H groups in total. The molecule has 1 fully saturated rings. The van der Waals surface area contributed by atoms with Gasteiger partial charge in [-0.3, -0.25) is 9.59 Å². The van der Waals surface area contributed by atoms with Crippen molar-refractivity contribution in [2.75, 3.05) is 0 Å². The van der Waals surface area contributed by atoms with E-state index in [4.69, 9.17) is 0 Å². The van der Waals surface area contributed by atoms with Gasteiger partial charge in [-0.2, -0.15) is 0 Å². The van der Waals surface area contributed by atoms with E-state index in [0.29, 0.717) is 16.8 Å². The molecule has 1 aliphatic rings. The van der Waals surface area contributed by atoms with E-state index in [1.54, 1.807) is 24.3 Å². The fraction of sp³-hybridized carbons (Fsp3) is 0.438. The Labute approximate surface area is 122 Å². The first-order valence-electron chi connectivity index (χ1n) is 7.45. The smallest absolute Gasteiger partial charge is 0.287 e. The Kier molecular flexibility index (Phi) is 3.73. The minimum absolute atomic E-state index is 0.0940. The molecular weight excluding hydrogens is 266 g/mol. The molecule has 0 spiro atoms. The molecule has 110 valence electrons. The third-order valence-corrected chi connectivity index (χ3v) is 4.26. The molecule has 0 aliphatic heterocycles. The molecular formula is C16H19N3O2. The third kappa shape index (κ3) is 2.82. The van der Waals surface area contributed by atoms with Gasteiger partial charge in [0.1, 0.15) is 0 Å². The number of carbonyl (C=O) groups is 1. The van der Waals surface area contributed by atoms with Crippen LogP contribution in [0.3, 0.4) is 0 Å². The highest BCUT2D eigenvalue weighted by Gasteiger charge is 2.24. The molecule has 1 amide bonds. The van der Waals surface area contributed by atoms with Gasteiger partial charge in [0.25, 0.3) is 11.5 Å². The highest BCUT2D eigenvalue weighted by Crippen LogP contribution is 2.23. The van der Waals surface area contributed by atoms with Gasteiger partial charge in [-0.05, 0) is 30.9 Å². The van der Waals surface area contributed by atoms with E-state index in [0.717, 1.165) is 19.3 Å². The van der Waals surface area contributed by atoms with Gasteiger partial charge in [0.05, 0.1) is 10.9 Å². The number of fused-ring (bicyclic) bond motifs is 1. The average molecular weight is 285 g/mol. The molecule has 2 atom stereocenters. The zero-order chi connectivity index (χ0) is 14.8. The summed E-state index contributed by atoms with van der Waals surface area (Å²) in [6.45, 7) is 2.15. The molecule has 5 heteroatoms. The summed E-state index contributed by atoms with van der Waals surface area (Å²) < 4.78 is 0. The van der Waals surface area contributed by atoms with Crippen molar-refractivity contribution in [3.63, 3.8) is 0 Å². The van der Waals surface area contributed by atoms with Crippen molar-refractivity contribution in [1.29, 1.82) is 0 Å². The minimum atomic E-state index is -0.295. The standard InChI is InChI=1S/C16H19N3O2/c1-10-6-2-4-8-12(10)18-16(21)14-17-13-9-5-3-7-11(13)15(20)19-14/h3,5,7,9-10,12H,2,4,6,8H2,1H3,(H,18,21)(H,17,19,20)/t10-,12-/m1/s1. The van der Waals surface area contributed by atoms with Gasteiger partial charge in [-0.25, -0.2) is 4.98 Å². The van der Waals surface area contributed by atoms with Crippen molar-refractivity contribution in [3.8, 4) is 0 Å². The fourth-order valence-corrected chi connectivity index (χ4v) is 2.96. The zero-order valence-electron chi connectivity index (χ0n) is 12.1. The number of nitrogens with one attached hydrogen (secondary N) is 2. The molecule has 21 heavy (non-hydrogen) atoms. The van der Waals surface area contributed by atoms with Crippen molar-refractivity contribution in [2.45, 2.75) is 38.6 Å². The van der Waals surface area contributed by atoms with Crippen molar-refractivity contribution in [1.82, 2.24) is 15.3 Å². The maximum absolute atomic E-state index is 12.3. The first-order chi connectivity index (χ1) is 10.1. The van der Waals surface area contributed by atoms with Crippen LogP contribution in [-0.4, -0.2) is 21.9 Å². The highest BCUT2D eigenvalue weighted by molar-refractivity contribution is 5.92. The van der Waals surface area contributed by atoms with E-state index in [-0.39, 0.29) is 23.3 Å². The van der Waals surface area contributed by atoms with E-state index >= 15 is 0 Å². The Hall–Kier alpha value is -2.17. The molecule has 5 nitrogen and oxygen atoms in total. The maximum Gasteiger partial charge on any atom is 0.287 e. The molecule has 2 aromatic rings. The summed E-state index contributed by atoms with van der Waals surface area (Å²) in [5, 5.41) is 3.51. The Morgan fingerprint density at radius 1 is 1.29 bits per heavy atom. The van der Waals surface area contributed by atoms with Crippen molar-refractivity contribution >= 4 is 16.8 Å². The Morgan fingerprint density at radius 3 is 2.86 bits per heavy atom. The van der Waals surface area contributed by atoms with Crippen LogP contribution in [0.4, 0.5) is 0 Å². The largest absolute Gasteiger partial charge is 0.346 e. The van der Waals surface area contributed by atoms with E-state index in [1.165, 1.54) is 6.42 Å². The first kappa shape index (κ1) is 13.8. The molecule has 0 radical (unpaired) electrons. The van der Waals surface area contributed by atoms with Gasteiger partial charge in [0.2, 0.25) is 0 Å². The lowest BCUT2D eigenvalue weighted by molar-refractivity contribution is 0.0899. The first-order valence-corrected chi connectivity index (χ1v) is 7.45. The topological polar surface area (TPSA) is 74.8 Å². The van der Waals surface area contributed by atoms with Gasteiger partial charge < -0.3 is 10.3 Å². The van der Waals surface area contributed by atoms with Crippen molar-refractivity contribution in [2.24, 2.45) is 5.92 Å². The number of aromatic amines is 1. The van der Waals surface area contributed by atoms with Crippen LogP contribution in [0.15, 0.2) is 29.1 Å². The van der Waals surface area contributed by atoms with Crippen LogP contribution in [0, 0.1) is 5.92 Å². The van der Waals surface area contributed by atoms with E-state index in [9.17, 15) is 9.59 Å². The Morgan fingerprint density at radius 2 is 2.05 bits per heavy atom. The number of hydrogen-bond donors (Lipinski definition) is 2. The number of carbonyl (C=O) groups excluding carboxylic acids is 1. The van der Waals surface area contributed by atoms with Gasteiger partial charge >= 0.3 is 0 Å². The SMILES string of the molecule is C[C@@H]1CCCC[C@H]1NC(=O)c1nc2ccccc2c(=O)[nH]1. The van der Waals surface area contributed by atoms with Crippen LogP contribution in [0.5, 0.6) is 0 Å². The predicted octanol–water partition coefficient (Wildman–Crippen LogP) is 2.23. The molecule has 1 saturated carbocycles. The van der Waals surface area contributed by atoms with Crippen LogP contribution in [0.2, 0.25) is 0 Å². The lowest BCUT2D eigenvalue weighted by atomic mass is 9.86. The maximum atomic E-state index is 12.3. The summed E-state index contributed by atoms with van der Waals surface area (Å²) >= 11 is 0. The van der Waals surface area contributed by atoms with E-state index in [2.05, 4.69) is 22.2 Å². The van der Waals surface area contributed by atoms with Gasteiger partial charge in [0, 0.05) is 6.04 Å². The van der Waals surface area contributed by atoms with Crippen LogP contribution in [-0.2, 0) is 0 Å². The number of nitrogens with zero attached hydrogens (tertiary/aromatic N) is 1. The minimum Gasteiger partial charge on any atom is -0.346 e. The van der Waals surface area contributed by atoms with E-state index in [1.807, 2.05) is 0 Å². The quantitative estimate of drug-likeness (QED) is 0.888. The Bertz CT molecular complexity index is 723. The average Bonchev–Trinajstić information content (AvgIpc) is 2.49. The summed E-state index contributed by atoms with van der Waals surface area (Å²) in [4.78, 5) is 31.1. The molecule has 1 aliphatic carbocycles.